The Morgan fingerprint density at radius 1 is 1.50 bits per heavy atom. The Morgan fingerprint density at radius 3 is 2.78 bits per heavy atom. The highest BCUT2D eigenvalue weighted by atomic mass is 16.4. The van der Waals surface area contributed by atoms with Crippen LogP contribution < -0.4 is 11.1 Å². The van der Waals surface area contributed by atoms with Crippen LogP contribution in [0.3, 0.4) is 0 Å². The highest BCUT2D eigenvalue weighted by Gasteiger charge is 2.24. The first-order valence-corrected chi connectivity index (χ1v) is 6.41. The van der Waals surface area contributed by atoms with Gasteiger partial charge in [-0.2, -0.15) is 0 Å². The molecule has 18 heavy (non-hydrogen) atoms. The highest BCUT2D eigenvalue weighted by molar-refractivity contribution is 5.97. The molecule has 0 aromatic heterocycles. The van der Waals surface area contributed by atoms with E-state index in [4.69, 9.17) is 10.9 Å². The van der Waals surface area contributed by atoms with Crippen molar-refractivity contribution in [3.63, 3.8) is 0 Å². The summed E-state index contributed by atoms with van der Waals surface area (Å²) in [5.41, 5.74) is 8.76. The van der Waals surface area contributed by atoms with Crippen molar-refractivity contribution < 1.29 is 5.21 Å². The number of oxime groups is 1. The summed E-state index contributed by atoms with van der Waals surface area (Å²) in [5.74, 6) is 1.02. The average Bonchev–Trinajstić information content (AvgIpc) is 2.33. The smallest absolute Gasteiger partial charge is 0.170 e. The van der Waals surface area contributed by atoms with E-state index in [0.29, 0.717) is 6.04 Å². The number of rotatable bonds is 4. The van der Waals surface area contributed by atoms with Gasteiger partial charge in [0.25, 0.3) is 0 Å². The van der Waals surface area contributed by atoms with E-state index < -0.39 is 0 Å². The van der Waals surface area contributed by atoms with E-state index in [0.717, 1.165) is 18.0 Å². The van der Waals surface area contributed by atoms with Gasteiger partial charge in [-0.05, 0) is 42.9 Å². The summed E-state index contributed by atoms with van der Waals surface area (Å²) in [6, 6.07) is 6.55. The molecule has 0 unspecified atom stereocenters. The first-order chi connectivity index (χ1) is 8.60. The molecule has 0 bridgehead atoms. The van der Waals surface area contributed by atoms with Gasteiger partial charge in [0.1, 0.15) is 0 Å². The monoisotopic (exact) mass is 247 g/mol. The lowest BCUT2D eigenvalue weighted by atomic mass is 9.82. The lowest BCUT2D eigenvalue weighted by Crippen LogP contribution is -2.39. The van der Waals surface area contributed by atoms with Crippen LogP contribution in [0, 0.1) is 12.8 Å². The molecule has 4 N–H and O–H groups in total. The maximum Gasteiger partial charge on any atom is 0.170 e. The second-order valence-electron chi connectivity index (χ2n) is 5.28. The molecule has 0 amide bonds. The lowest BCUT2D eigenvalue weighted by molar-refractivity contribution is 0.240. The van der Waals surface area contributed by atoms with Gasteiger partial charge in [-0.15, -0.1) is 0 Å². The van der Waals surface area contributed by atoms with Crippen LogP contribution in [0.4, 0.5) is 0 Å². The summed E-state index contributed by atoms with van der Waals surface area (Å²) in [6.45, 7) is 5.23. The lowest BCUT2D eigenvalue weighted by Gasteiger charge is -2.33. The minimum Gasteiger partial charge on any atom is -0.409 e. The molecule has 1 saturated carbocycles. The van der Waals surface area contributed by atoms with Gasteiger partial charge in [-0.3, -0.25) is 0 Å². The van der Waals surface area contributed by atoms with Gasteiger partial charge in [0, 0.05) is 18.2 Å². The number of hydrogen-bond donors (Lipinski definition) is 3. The molecule has 1 aliphatic rings. The first-order valence-electron chi connectivity index (χ1n) is 6.41. The van der Waals surface area contributed by atoms with E-state index in [1.807, 2.05) is 18.2 Å². The minimum atomic E-state index is 0.158. The van der Waals surface area contributed by atoms with E-state index >= 15 is 0 Å². The van der Waals surface area contributed by atoms with E-state index in [1.165, 1.54) is 24.0 Å². The molecular formula is C14H21N3O. The Labute approximate surface area is 108 Å². The first kappa shape index (κ1) is 12.9. The van der Waals surface area contributed by atoms with Crippen LogP contribution in [0.5, 0.6) is 0 Å². The summed E-state index contributed by atoms with van der Waals surface area (Å²) in [5, 5.41) is 15.2. The van der Waals surface area contributed by atoms with Crippen molar-refractivity contribution in [3.05, 3.63) is 34.9 Å². The van der Waals surface area contributed by atoms with E-state index in [-0.39, 0.29) is 5.84 Å². The molecule has 2 rings (SSSR count). The minimum absolute atomic E-state index is 0.158. The third kappa shape index (κ3) is 2.82. The predicted octanol–water partition coefficient (Wildman–Crippen LogP) is 1.98. The molecule has 0 atom stereocenters. The normalized spacial score (nSPS) is 23.8. The summed E-state index contributed by atoms with van der Waals surface area (Å²) in [7, 11) is 0. The zero-order valence-electron chi connectivity index (χ0n) is 11.0. The highest BCUT2D eigenvalue weighted by Crippen LogP contribution is 2.26. The van der Waals surface area contributed by atoms with Crippen molar-refractivity contribution in [2.24, 2.45) is 16.8 Å². The Balaban J connectivity index is 1.97. The van der Waals surface area contributed by atoms with Gasteiger partial charge in [0.2, 0.25) is 0 Å². The van der Waals surface area contributed by atoms with Crippen LogP contribution in [-0.2, 0) is 6.54 Å². The van der Waals surface area contributed by atoms with E-state index in [2.05, 4.69) is 24.3 Å². The second kappa shape index (κ2) is 5.40. The molecular weight excluding hydrogens is 226 g/mol. The maximum absolute atomic E-state index is 8.64. The van der Waals surface area contributed by atoms with Gasteiger partial charge in [0.05, 0.1) is 0 Å². The van der Waals surface area contributed by atoms with Crippen molar-refractivity contribution in [2.75, 3.05) is 0 Å². The fourth-order valence-electron chi connectivity index (χ4n) is 2.43. The number of hydrogen-bond acceptors (Lipinski definition) is 3. The molecule has 1 aromatic carbocycles. The van der Waals surface area contributed by atoms with Crippen LogP contribution >= 0.6 is 0 Å². The fourth-order valence-corrected chi connectivity index (χ4v) is 2.43. The van der Waals surface area contributed by atoms with Crippen molar-refractivity contribution in [2.45, 2.75) is 39.3 Å². The molecule has 0 saturated heterocycles. The number of nitrogens with zero attached hydrogens (tertiary/aromatic N) is 1. The second-order valence-corrected chi connectivity index (χ2v) is 5.28. The van der Waals surface area contributed by atoms with Crippen LogP contribution in [-0.4, -0.2) is 17.1 Å². The molecule has 0 spiro atoms. The topological polar surface area (TPSA) is 70.6 Å². The largest absolute Gasteiger partial charge is 0.409 e. The number of aryl methyl sites for hydroxylation is 1. The SMILES string of the molecule is Cc1cc(/C(N)=N/O)ccc1CNC1CC(C)C1. The van der Waals surface area contributed by atoms with Crippen molar-refractivity contribution in [3.8, 4) is 0 Å². The fraction of sp³-hybridized carbons (Fsp3) is 0.500. The zero-order valence-corrected chi connectivity index (χ0v) is 11.0. The van der Waals surface area contributed by atoms with Gasteiger partial charge in [-0.25, -0.2) is 0 Å². The van der Waals surface area contributed by atoms with Crippen LogP contribution in [0.1, 0.15) is 36.5 Å². The van der Waals surface area contributed by atoms with Crippen LogP contribution in [0.15, 0.2) is 23.4 Å². The molecule has 4 nitrogen and oxygen atoms in total. The van der Waals surface area contributed by atoms with E-state index in [9.17, 15) is 0 Å². The van der Waals surface area contributed by atoms with Gasteiger partial charge in [-0.1, -0.05) is 24.2 Å². The molecule has 0 radical (unpaired) electrons. The number of amidine groups is 1. The van der Waals surface area contributed by atoms with Crippen LogP contribution in [0.25, 0.3) is 0 Å². The maximum atomic E-state index is 8.64. The molecule has 98 valence electrons. The average molecular weight is 247 g/mol. The standard InChI is InChI=1S/C14H21N3O/c1-9-5-13(6-9)16-8-12-4-3-11(7-10(12)2)14(15)17-18/h3-4,7,9,13,16,18H,5-6,8H2,1-2H3,(H2,15,17). The Kier molecular flexibility index (Phi) is 3.87. The molecule has 1 aliphatic carbocycles. The van der Waals surface area contributed by atoms with Gasteiger partial charge in [0.15, 0.2) is 5.84 Å². The third-order valence-electron chi connectivity index (χ3n) is 3.70. The summed E-state index contributed by atoms with van der Waals surface area (Å²) >= 11 is 0. The number of nitrogens with one attached hydrogen (secondary N) is 1. The number of nitrogens with two attached hydrogens (primary N) is 1. The molecule has 4 heteroatoms. The predicted molar refractivity (Wildman–Crippen MR) is 72.7 cm³/mol. The number of benzene rings is 1. The van der Waals surface area contributed by atoms with Crippen molar-refractivity contribution in [1.29, 1.82) is 0 Å². The molecule has 1 fully saturated rings. The summed E-state index contributed by atoms with van der Waals surface area (Å²) < 4.78 is 0. The van der Waals surface area contributed by atoms with Gasteiger partial charge >= 0.3 is 0 Å². The third-order valence-corrected chi connectivity index (χ3v) is 3.70. The summed E-state index contributed by atoms with van der Waals surface area (Å²) in [4.78, 5) is 0. The van der Waals surface area contributed by atoms with E-state index in [1.54, 1.807) is 0 Å². The van der Waals surface area contributed by atoms with Crippen LogP contribution in [0.2, 0.25) is 0 Å². The molecule has 1 aromatic rings. The van der Waals surface area contributed by atoms with Gasteiger partial charge < -0.3 is 16.3 Å². The molecule has 0 aliphatic heterocycles. The Bertz CT molecular complexity index is 450. The summed E-state index contributed by atoms with van der Waals surface area (Å²) in [6.07, 6.45) is 2.56. The molecule has 0 heterocycles. The Morgan fingerprint density at radius 2 is 2.22 bits per heavy atom. The Hall–Kier alpha value is -1.55. The van der Waals surface area contributed by atoms with Crippen molar-refractivity contribution >= 4 is 5.84 Å². The van der Waals surface area contributed by atoms with Crippen molar-refractivity contribution in [1.82, 2.24) is 5.32 Å². The zero-order chi connectivity index (χ0) is 13.1. The quantitative estimate of drug-likeness (QED) is 0.330.